The predicted molar refractivity (Wildman–Crippen MR) is 94.8 cm³/mol. The van der Waals surface area contributed by atoms with Crippen molar-refractivity contribution in [2.45, 2.75) is 23.3 Å². The van der Waals surface area contributed by atoms with Gasteiger partial charge in [0.1, 0.15) is 5.75 Å². The van der Waals surface area contributed by atoms with Gasteiger partial charge in [-0.3, -0.25) is 4.79 Å². The highest BCUT2D eigenvalue weighted by Crippen LogP contribution is 2.27. The maximum atomic E-state index is 11.9. The van der Waals surface area contributed by atoms with E-state index in [0.717, 1.165) is 35.5 Å². The van der Waals surface area contributed by atoms with Gasteiger partial charge in [-0.15, -0.1) is 10.2 Å². The minimum Gasteiger partial charge on any atom is -0.506 e. The van der Waals surface area contributed by atoms with Gasteiger partial charge < -0.3 is 20.5 Å². The van der Waals surface area contributed by atoms with Crippen LogP contribution in [0.4, 0.5) is 10.8 Å². The molecule has 0 bridgehead atoms. The van der Waals surface area contributed by atoms with Crippen molar-refractivity contribution in [1.29, 1.82) is 0 Å². The standard InChI is InChI=1S/C15H18N4O3S2/c20-12-6-2-1-5-11(12)17-13(21)9-23-15-19-18-14(24-15)16-8-10-4-3-7-22-10/h1-2,5-6,10,20H,3-4,7-9H2,(H,16,18)(H,17,21)/t10-/m0/s1. The van der Waals surface area contributed by atoms with Crippen molar-refractivity contribution in [2.75, 3.05) is 29.5 Å². The maximum absolute atomic E-state index is 11.9. The lowest BCUT2D eigenvalue weighted by atomic mass is 10.2. The van der Waals surface area contributed by atoms with E-state index in [1.54, 1.807) is 18.2 Å². The lowest BCUT2D eigenvalue weighted by molar-refractivity contribution is -0.113. The summed E-state index contributed by atoms with van der Waals surface area (Å²) in [6.45, 7) is 1.56. The summed E-state index contributed by atoms with van der Waals surface area (Å²) in [7, 11) is 0. The molecule has 1 atom stereocenters. The van der Waals surface area contributed by atoms with E-state index in [1.807, 2.05) is 0 Å². The molecule has 0 unspecified atom stereocenters. The van der Waals surface area contributed by atoms with Crippen LogP contribution in [0.1, 0.15) is 12.8 Å². The number of anilines is 2. The van der Waals surface area contributed by atoms with Crippen LogP contribution < -0.4 is 10.6 Å². The molecule has 2 aromatic rings. The highest BCUT2D eigenvalue weighted by molar-refractivity contribution is 8.01. The van der Waals surface area contributed by atoms with E-state index in [4.69, 9.17) is 4.74 Å². The third-order valence-corrected chi connectivity index (χ3v) is 5.43. The summed E-state index contributed by atoms with van der Waals surface area (Å²) in [5, 5.41) is 24.4. The molecular weight excluding hydrogens is 348 g/mol. The Balaban J connectivity index is 1.43. The Hall–Kier alpha value is -1.84. The molecule has 1 fully saturated rings. The Morgan fingerprint density at radius 2 is 2.29 bits per heavy atom. The zero-order valence-corrected chi connectivity index (χ0v) is 14.5. The summed E-state index contributed by atoms with van der Waals surface area (Å²) in [6, 6.07) is 6.63. The quantitative estimate of drug-likeness (QED) is 0.512. The molecule has 0 spiro atoms. The number of aromatic nitrogens is 2. The molecule has 24 heavy (non-hydrogen) atoms. The molecule has 9 heteroatoms. The molecule has 3 rings (SSSR count). The number of para-hydroxylation sites is 2. The van der Waals surface area contributed by atoms with Crippen LogP contribution in [0.25, 0.3) is 0 Å². The molecule has 7 nitrogen and oxygen atoms in total. The average molecular weight is 366 g/mol. The highest BCUT2D eigenvalue weighted by Gasteiger charge is 2.16. The van der Waals surface area contributed by atoms with Gasteiger partial charge in [-0.05, 0) is 25.0 Å². The number of hydrogen-bond donors (Lipinski definition) is 3. The second kappa shape index (κ2) is 8.32. The van der Waals surface area contributed by atoms with Gasteiger partial charge in [0, 0.05) is 13.2 Å². The van der Waals surface area contributed by atoms with E-state index in [9.17, 15) is 9.90 Å². The number of ether oxygens (including phenoxy) is 1. The molecule has 1 amide bonds. The molecule has 0 aliphatic carbocycles. The van der Waals surface area contributed by atoms with Crippen LogP contribution in [-0.4, -0.2) is 46.2 Å². The molecule has 2 heterocycles. The first kappa shape index (κ1) is 17.0. The van der Waals surface area contributed by atoms with Crippen molar-refractivity contribution >= 4 is 39.8 Å². The fraction of sp³-hybridized carbons (Fsp3) is 0.400. The van der Waals surface area contributed by atoms with E-state index in [0.29, 0.717) is 5.69 Å². The number of aromatic hydroxyl groups is 1. The molecular formula is C15H18N4O3S2. The summed E-state index contributed by atoms with van der Waals surface area (Å²) < 4.78 is 6.26. The topological polar surface area (TPSA) is 96.4 Å². The molecule has 0 saturated carbocycles. The number of rotatable bonds is 7. The first-order chi connectivity index (χ1) is 11.7. The van der Waals surface area contributed by atoms with Crippen LogP contribution in [0.2, 0.25) is 0 Å². The first-order valence-electron chi connectivity index (χ1n) is 7.60. The molecule has 128 valence electrons. The van der Waals surface area contributed by atoms with Crippen LogP contribution >= 0.6 is 23.1 Å². The average Bonchev–Trinajstić information content (AvgIpc) is 3.25. The molecule has 1 aliphatic rings. The Labute approximate surface area is 147 Å². The van der Waals surface area contributed by atoms with Gasteiger partial charge in [-0.1, -0.05) is 35.2 Å². The zero-order chi connectivity index (χ0) is 16.8. The summed E-state index contributed by atoms with van der Waals surface area (Å²) in [6.07, 6.45) is 2.42. The van der Waals surface area contributed by atoms with Crippen LogP contribution in [-0.2, 0) is 9.53 Å². The summed E-state index contributed by atoms with van der Waals surface area (Å²) in [5.74, 6) is 0.0484. The smallest absolute Gasteiger partial charge is 0.234 e. The summed E-state index contributed by atoms with van der Waals surface area (Å²) in [4.78, 5) is 11.9. The number of nitrogens with one attached hydrogen (secondary N) is 2. The number of carbonyl (C=O) groups excluding carboxylic acids is 1. The monoisotopic (exact) mass is 366 g/mol. The Kier molecular flexibility index (Phi) is 5.89. The Bertz CT molecular complexity index is 689. The minimum absolute atomic E-state index is 0.0485. The number of hydrogen-bond acceptors (Lipinski definition) is 8. The van der Waals surface area contributed by atoms with Gasteiger partial charge in [-0.25, -0.2) is 0 Å². The van der Waals surface area contributed by atoms with Gasteiger partial charge in [-0.2, -0.15) is 0 Å². The number of amides is 1. The molecule has 0 radical (unpaired) electrons. The van der Waals surface area contributed by atoms with Crippen LogP contribution in [0.5, 0.6) is 5.75 Å². The molecule has 1 saturated heterocycles. The SMILES string of the molecule is O=C(CSc1nnc(NC[C@@H]2CCCO2)s1)Nc1ccccc1O. The second-order valence-corrected chi connectivity index (χ2v) is 7.44. The van der Waals surface area contributed by atoms with Crippen molar-refractivity contribution in [2.24, 2.45) is 0 Å². The van der Waals surface area contributed by atoms with E-state index < -0.39 is 0 Å². The zero-order valence-electron chi connectivity index (χ0n) is 12.9. The number of phenols is 1. The van der Waals surface area contributed by atoms with Gasteiger partial charge >= 0.3 is 0 Å². The van der Waals surface area contributed by atoms with E-state index in [-0.39, 0.29) is 23.5 Å². The van der Waals surface area contributed by atoms with E-state index >= 15 is 0 Å². The largest absolute Gasteiger partial charge is 0.506 e. The number of nitrogens with zero attached hydrogens (tertiary/aromatic N) is 2. The first-order valence-corrected chi connectivity index (χ1v) is 9.40. The second-order valence-electron chi connectivity index (χ2n) is 5.24. The normalized spacial score (nSPS) is 16.9. The predicted octanol–water partition coefficient (Wildman–Crippen LogP) is 2.57. The van der Waals surface area contributed by atoms with Crippen molar-refractivity contribution < 1.29 is 14.6 Å². The Morgan fingerprint density at radius 1 is 1.42 bits per heavy atom. The van der Waals surface area contributed by atoms with E-state index in [2.05, 4.69) is 20.8 Å². The van der Waals surface area contributed by atoms with Crippen LogP contribution in [0.3, 0.4) is 0 Å². The lowest BCUT2D eigenvalue weighted by Gasteiger charge is -2.08. The molecule has 3 N–H and O–H groups in total. The fourth-order valence-corrected chi connectivity index (χ4v) is 3.80. The van der Waals surface area contributed by atoms with Crippen molar-refractivity contribution in [1.82, 2.24) is 10.2 Å². The lowest BCUT2D eigenvalue weighted by Crippen LogP contribution is -2.18. The van der Waals surface area contributed by atoms with Crippen molar-refractivity contribution in [3.63, 3.8) is 0 Å². The van der Waals surface area contributed by atoms with Crippen molar-refractivity contribution in [3.8, 4) is 5.75 Å². The fourth-order valence-electron chi connectivity index (χ4n) is 2.24. The van der Waals surface area contributed by atoms with Gasteiger partial charge in [0.25, 0.3) is 0 Å². The molecule has 1 aliphatic heterocycles. The summed E-state index contributed by atoms with van der Waals surface area (Å²) in [5.41, 5.74) is 0.402. The van der Waals surface area contributed by atoms with Gasteiger partial charge in [0.05, 0.1) is 17.5 Å². The number of thioether (sulfide) groups is 1. The van der Waals surface area contributed by atoms with Crippen LogP contribution in [0.15, 0.2) is 28.6 Å². The van der Waals surface area contributed by atoms with Crippen LogP contribution in [0, 0.1) is 0 Å². The number of benzene rings is 1. The summed E-state index contributed by atoms with van der Waals surface area (Å²) >= 11 is 2.72. The third-order valence-electron chi connectivity index (χ3n) is 3.42. The van der Waals surface area contributed by atoms with Crippen molar-refractivity contribution in [3.05, 3.63) is 24.3 Å². The van der Waals surface area contributed by atoms with Gasteiger partial charge in [0.2, 0.25) is 11.0 Å². The number of phenolic OH excluding ortho intramolecular Hbond substituents is 1. The Morgan fingerprint density at radius 3 is 3.08 bits per heavy atom. The minimum atomic E-state index is -0.203. The highest BCUT2D eigenvalue weighted by atomic mass is 32.2. The molecule has 1 aromatic carbocycles. The van der Waals surface area contributed by atoms with Gasteiger partial charge in [0.15, 0.2) is 4.34 Å². The maximum Gasteiger partial charge on any atom is 0.234 e. The number of carbonyl (C=O) groups is 1. The van der Waals surface area contributed by atoms with E-state index in [1.165, 1.54) is 29.2 Å². The molecule has 1 aromatic heterocycles. The third kappa shape index (κ3) is 4.83.